The molecule has 0 bridgehead atoms. The number of aromatic nitrogens is 2. The highest BCUT2D eigenvalue weighted by Crippen LogP contribution is 2.24. The van der Waals surface area contributed by atoms with Gasteiger partial charge in [-0.15, -0.1) is 0 Å². The highest BCUT2D eigenvalue weighted by atomic mass is 16.5. The topological polar surface area (TPSA) is 91.5 Å². The van der Waals surface area contributed by atoms with Crippen molar-refractivity contribution in [3.05, 3.63) is 71.0 Å². The Balaban J connectivity index is 1.58. The van der Waals surface area contributed by atoms with E-state index in [4.69, 9.17) is 14.0 Å². The van der Waals surface area contributed by atoms with Crippen molar-refractivity contribution in [3.63, 3.8) is 0 Å². The molecule has 0 aliphatic rings. The van der Waals surface area contributed by atoms with Crippen molar-refractivity contribution in [2.75, 3.05) is 7.11 Å². The van der Waals surface area contributed by atoms with Gasteiger partial charge in [-0.1, -0.05) is 35.5 Å². The average molecular weight is 390 g/mol. The van der Waals surface area contributed by atoms with Gasteiger partial charge in [-0.25, -0.2) is 9.78 Å². The van der Waals surface area contributed by atoms with Crippen LogP contribution in [0.25, 0.3) is 21.9 Å². The molecule has 7 nitrogen and oxygen atoms in total. The van der Waals surface area contributed by atoms with Gasteiger partial charge in [-0.2, -0.15) is 0 Å². The molecule has 0 atom stereocenters. The Labute approximate surface area is 166 Å². The lowest BCUT2D eigenvalue weighted by Crippen LogP contribution is -2.15. The van der Waals surface area contributed by atoms with E-state index in [2.05, 4.69) is 10.1 Å². The van der Waals surface area contributed by atoms with Gasteiger partial charge in [0.05, 0.1) is 30.3 Å². The molecule has 0 fully saturated rings. The number of benzene rings is 2. The molecule has 2 aromatic heterocycles. The van der Waals surface area contributed by atoms with Crippen LogP contribution in [0, 0.1) is 6.92 Å². The number of rotatable bonds is 5. The second-order valence-electron chi connectivity index (χ2n) is 6.53. The molecule has 29 heavy (non-hydrogen) atoms. The number of fused-ring (bicyclic) bond motifs is 2. The molecule has 2 aromatic carbocycles. The highest BCUT2D eigenvalue weighted by Gasteiger charge is 2.21. The minimum Gasteiger partial charge on any atom is -0.465 e. The van der Waals surface area contributed by atoms with Crippen molar-refractivity contribution in [2.24, 2.45) is 0 Å². The number of hydrogen-bond donors (Lipinski definition) is 0. The van der Waals surface area contributed by atoms with Crippen LogP contribution >= 0.6 is 0 Å². The third-order valence-corrected chi connectivity index (χ3v) is 4.75. The van der Waals surface area contributed by atoms with E-state index in [1.54, 1.807) is 6.07 Å². The van der Waals surface area contributed by atoms with Crippen LogP contribution < -0.4 is 0 Å². The normalized spacial score (nSPS) is 11.0. The third kappa shape index (κ3) is 3.54. The first-order valence-electron chi connectivity index (χ1n) is 9.04. The molecule has 0 saturated heterocycles. The lowest BCUT2D eigenvalue weighted by molar-refractivity contribution is -0.144. The van der Waals surface area contributed by atoms with Crippen molar-refractivity contribution in [1.29, 1.82) is 0 Å². The van der Waals surface area contributed by atoms with Gasteiger partial charge in [0.2, 0.25) is 0 Å². The fourth-order valence-corrected chi connectivity index (χ4v) is 3.32. The second kappa shape index (κ2) is 7.71. The van der Waals surface area contributed by atoms with Gasteiger partial charge in [0.15, 0.2) is 5.58 Å². The summed E-state index contributed by atoms with van der Waals surface area (Å²) in [6.45, 7) is 1.67. The van der Waals surface area contributed by atoms with Crippen LogP contribution in [0.2, 0.25) is 0 Å². The lowest BCUT2D eigenvalue weighted by Gasteiger charge is -2.13. The first-order valence-corrected chi connectivity index (χ1v) is 9.04. The van der Waals surface area contributed by atoms with Crippen molar-refractivity contribution >= 4 is 33.8 Å². The van der Waals surface area contributed by atoms with E-state index in [-0.39, 0.29) is 13.0 Å². The number of methoxy groups -OCH3 is 1. The van der Waals surface area contributed by atoms with E-state index < -0.39 is 11.9 Å². The standard InChI is InChI=1S/C22H18N2O5/c1-13-14-7-3-5-9-16(14)23-18(21(13)22(26)27-2)12-28-20(25)11-17-15-8-4-6-10-19(15)29-24-17/h3-10H,11-12H2,1-2H3. The molecule has 0 aliphatic heterocycles. The average Bonchev–Trinajstić information content (AvgIpc) is 3.15. The Morgan fingerprint density at radius 2 is 1.72 bits per heavy atom. The smallest absolute Gasteiger partial charge is 0.340 e. The van der Waals surface area contributed by atoms with Gasteiger partial charge in [0.25, 0.3) is 0 Å². The molecule has 0 radical (unpaired) electrons. The summed E-state index contributed by atoms with van der Waals surface area (Å²) in [5.74, 6) is -1.01. The molecule has 0 spiro atoms. The van der Waals surface area contributed by atoms with E-state index >= 15 is 0 Å². The number of carbonyl (C=O) groups is 2. The fraction of sp³-hybridized carbons (Fsp3) is 0.182. The maximum absolute atomic E-state index is 12.4. The summed E-state index contributed by atoms with van der Waals surface area (Å²) >= 11 is 0. The van der Waals surface area contributed by atoms with Gasteiger partial charge >= 0.3 is 11.9 Å². The largest absolute Gasteiger partial charge is 0.465 e. The number of carbonyl (C=O) groups excluding carboxylic acids is 2. The van der Waals surface area contributed by atoms with Crippen LogP contribution in [0.15, 0.2) is 53.1 Å². The SMILES string of the molecule is COC(=O)c1c(COC(=O)Cc2noc3ccccc23)nc2ccccc2c1C. The number of ether oxygens (including phenoxy) is 2. The van der Waals surface area contributed by atoms with Gasteiger partial charge < -0.3 is 14.0 Å². The van der Waals surface area contributed by atoms with Crippen LogP contribution in [0.4, 0.5) is 0 Å². The van der Waals surface area contributed by atoms with Gasteiger partial charge in [0.1, 0.15) is 12.3 Å². The summed E-state index contributed by atoms with van der Waals surface area (Å²) < 4.78 is 15.5. The Hall–Kier alpha value is -3.74. The van der Waals surface area contributed by atoms with Gasteiger partial charge in [0, 0.05) is 10.8 Å². The maximum Gasteiger partial charge on any atom is 0.340 e. The number of esters is 2. The van der Waals surface area contributed by atoms with Crippen LogP contribution in [0.1, 0.15) is 27.3 Å². The summed E-state index contributed by atoms with van der Waals surface area (Å²) in [4.78, 5) is 29.2. The Morgan fingerprint density at radius 3 is 2.52 bits per heavy atom. The zero-order chi connectivity index (χ0) is 20.4. The van der Waals surface area contributed by atoms with Gasteiger partial charge in [-0.3, -0.25) is 4.79 Å². The van der Waals surface area contributed by atoms with Crippen LogP contribution in [-0.4, -0.2) is 29.2 Å². The number of aryl methyl sites for hydroxylation is 1. The predicted octanol–water partition coefficient (Wildman–Crippen LogP) is 3.76. The van der Waals surface area contributed by atoms with E-state index in [0.29, 0.717) is 28.1 Å². The molecule has 2 heterocycles. The quantitative estimate of drug-likeness (QED) is 0.479. The minimum atomic E-state index is -0.519. The second-order valence-corrected chi connectivity index (χ2v) is 6.53. The summed E-state index contributed by atoms with van der Waals surface area (Å²) in [6, 6.07) is 14.7. The molecule has 4 aromatic rings. The molecule has 0 unspecified atom stereocenters. The highest BCUT2D eigenvalue weighted by molar-refractivity contribution is 5.98. The van der Waals surface area contributed by atoms with E-state index in [1.165, 1.54) is 7.11 Å². The molecule has 0 saturated carbocycles. The summed E-state index contributed by atoms with van der Waals surface area (Å²) in [7, 11) is 1.31. The maximum atomic E-state index is 12.4. The zero-order valence-corrected chi connectivity index (χ0v) is 16.0. The number of hydrogen-bond acceptors (Lipinski definition) is 7. The number of pyridine rings is 1. The fourth-order valence-electron chi connectivity index (χ4n) is 3.32. The van der Waals surface area contributed by atoms with E-state index in [9.17, 15) is 9.59 Å². The monoisotopic (exact) mass is 390 g/mol. The molecule has 7 heteroatoms. The molecular formula is C22H18N2O5. The Bertz CT molecular complexity index is 1230. The molecule has 4 rings (SSSR count). The molecule has 0 aliphatic carbocycles. The zero-order valence-electron chi connectivity index (χ0n) is 16.0. The van der Waals surface area contributed by atoms with Crippen molar-refractivity contribution in [3.8, 4) is 0 Å². The Kier molecular flexibility index (Phi) is 4.95. The van der Waals surface area contributed by atoms with E-state index in [0.717, 1.165) is 16.3 Å². The molecular weight excluding hydrogens is 372 g/mol. The number of nitrogens with zero attached hydrogens (tertiary/aromatic N) is 2. The van der Waals surface area contributed by atoms with Crippen LogP contribution in [0.3, 0.4) is 0 Å². The summed E-state index contributed by atoms with van der Waals surface area (Å²) in [5, 5.41) is 5.55. The summed E-state index contributed by atoms with van der Waals surface area (Å²) in [5.41, 5.74) is 3.22. The third-order valence-electron chi connectivity index (χ3n) is 4.75. The summed E-state index contributed by atoms with van der Waals surface area (Å²) in [6.07, 6.45) is -0.0445. The van der Waals surface area contributed by atoms with Crippen molar-refractivity contribution < 1.29 is 23.6 Å². The molecule has 0 amide bonds. The van der Waals surface area contributed by atoms with Crippen LogP contribution in [0.5, 0.6) is 0 Å². The Morgan fingerprint density at radius 1 is 1.00 bits per heavy atom. The van der Waals surface area contributed by atoms with Gasteiger partial charge in [-0.05, 0) is 30.7 Å². The first kappa shape index (κ1) is 18.6. The molecule has 0 N–H and O–H groups in total. The predicted molar refractivity (Wildman–Crippen MR) is 105 cm³/mol. The van der Waals surface area contributed by atoms with Crippen molar-refractivity contribution in [2.45, 2.75) is 20.0 Å². The first-order chi connectivity index (χ1) is 14.1. The van der Waals surface area contributed by atoms with E-state index in [1.807, 2.05) is 49.4 Å². The molecule has 146 valence electrons. The van der Waals surface area contributed by atoms with Crippen LogP contribution in [-0.2, 0) is 27.3 Å². The minimum absolute atomic E-state index is 0.0445. The number of para-hydroxylation sites is 2. The lowest BCUT2D eigenvalue weighted by atomic mass is 10.0. The van der Waals surface area contributed by atoms with Crippen molar-refractivity contribution in [1.82, 2.24) is 10.1 Å².